The minimum Gasteiger partial charge on any atom is -0.457 e. The number of halogens is 1. The summed E-state index contributed by atoms with van der Waals surface area (Å²) in [6.07, 6.45) is 0.816. The van der Waals surface area contributed by atoms with Crippen LogP contribution < -0.4 is 5.56 Å². The molecule has 37 heavy (non-hydrogen) atoms. The first kappa shape index (κ1) is 23.1. The van der Waals surface area contributed by atoms with E-state index >= 15 is 0 Å². The number of nitrogens with zero attached hydrogens (tertiary/aromatic N) is 2. The molecule has 2 aromatic heterocycles. The van der Waals surface area contributed by atoms with E-state index in [1.165, 1.54) is 12.1 Å². The SMILES string of the molecule is CCc1c2c(nc3ccccc13)-c1cc3c(c(=O)n1C2)COC(=O)[C@@]3(CC)OC(=O)c1ccc(F)cc1. The van der Waals surface area contributed by atoms with Crippen molar-refractivity contribution in [2.45, 2.75) is 45.4 Å². The summed E-state index contributed by atoms with van der Waals surface area (Å²) in [6.45, 7) is 3.91. The van der Waals surface area contributed by atoms with Gasteiger partial charge < -0.3 is 14.0 Å². The van der Waals surface area contributed by atoms with Gasteiger partial charge in [0, 0.05) is 16.5 Å². The molecule has 8 heteroatoms. The highest BCUT2D eigenvalue weighted by Gasteiger charge is 2.50. The van der Waals surface area contributed by atoms with Gasteiger partial charge in [-0.15, -0.1) is 0 Å². The van der Waals surface area contributed by atoms with Gasteiger partial charge in [0.15, 0.2) is 0 Å². The first-order valence-electron chi connectivity index (χ1n) is 12.2. The second-order valence-corrected chi connectivity index (χ2v) is 9.25. The Labute approximate surface area is 211 Å². The normalized spacial score (nSPS) is 17.6. The molecule has 0 amide bonds. The van der Waals surface area contributed by atoms with Crippen molar-refractivity contribution in [2.75, 3.05) is 0 Å². The lowest BCUT2D eigenvalue weighted by Gasteiger charge is -2.35. The van der Waals surface area contributed by atoms with Crippen LogP contribution in [0.3, 0.4) is 0 Å². The van der Waals surface area contributed by atoms with E-state index in [9.17, 15) is 18.8 Å². The molecule has 0 N–H and O–H groups in total. The number of carbonyl (C=O) groups is 2. The lowest BCUT2D eigenvalue weighted by molar-refractivity contribution is -0.173. The number of hydrogen-bond donors (Lipinski definition) is 0. The smallest absolute Gasteiger partial charge is 0.355 e. The predicted octanol–water partition coefficient (Wildman–Crippen LogP) is 4.65. The molecule has 0 unspecified atom stereocenters. The summed E-state index contributed by atoms with van der Waals surface area (Å²) in [6, 6.07) is 14.4. The topological polar surface area (TPSA) is 87.5 Å². The van der Waals surface area contributed by atoms with Crippen LogP contribution in [-0.2, 0) is 39.4 Å². The van der Waals surface area contributed by atoms with Gasteiger partial charge in [0.1, 0.15) is 12.4 Å². The van der Waals surface area contributed by atoms with Crippen molar-refractivity contribution in [3.8, 4) is 11.4 Å². The highest BCUT2D eigenvalue weighted by molar-refractivity contribution is 5.94. The summed E-state index contributed by atoms with van der Waals surface area (Å²) in [7, 11) is 0. The molecule has 0 bridgehead atoms. The molecule has 1 atom stereocenters. The summed E-state index contributed by atoms with van der Waals surface area (Å²) in [5, 5.41) is 1.05. The summed E-state index contributed by atoms with van der Waals surface area (Å²) < 4.78 is 26.2. The third kappa shape index (κ3) is 3.32. The molecule has 0 aliphatic carbocycles. The number of benzene rings is 2. The van der Waals surface area contributed by atoms with Crippen molar-refractivity contribution in [2.24, 2.45) is 0 Å². The minimum atomic E-state index is -1.82. The molecule has 2 aliphatic rings. The van der Waals surface area contributed by atoms with E-state index in [1.807, 2.05) is 24.3 Å². The van der Waals surface area contributed by atoms with Gasteiger partial charge >= 0.3 is 11.9 Å². The number of cyclic esters (lactones) is 1. The van der Waals surface area contributed by atoms with Crippen LogP contribution in [0.1, 0.15) is 52.9 Å². The van der Waals surface area contributed by atoms with Crippen LogP contribution in [0.4, 0.5) is 4.39 Å². The van der Waals surface area contributed by atoms with Crippen molar-refractivity contribution < 1.29 is 23.5 Å². The van der Waals surface area contributed by atoms with Crippen LogP contribution in [0.25, 0.3) is 22.3 Å². The largest absolute Gasteiger partial charge is 0.457 e. The molecule has 0 radical (unpaired) electrons. The minimum absolute atomic E-state index is 0.0485. The van der Waals surface area contributed by atoms with Crippen LogP contribution in [0.15, 0.2) is 59.4 Å². The number of aryl methyl sites for hydroxylation is 1. The molecule has 0 saturated heterocycles. The van der Waals surface area contributed by atoms with E-state index in [1.54, 1.807) is 17.6 Å². The van der Waals surface area contributed by atoms with Gasteiger partial charge in [-0.05, 0) is 54.8 Å². The molecule has 6 rings (SSSR count). The Morgan fingerprint density at radius 1 is 1.11 bits per heavy atom. The molecular weight excluding hydrogens is 475 g/mol. The quantitative estimate of drug-likeness (QED) is 0.336. The first-order valence-corrected chi connectivity index (χ1v) is 12.2. The molecule has 4 aromatic rings. The lowest BCUT2D eigenvalue weighted by Crippen LogP contribution is -2.47. The summed E-state index contributed by atoms with van der Waals surface area (Å²) in [5.74, 6) is -2.07. The van der Waals surface area contributed by atoms with Gasteiger partial charge in [-0.25, -0.2) is 19.0 Å². The maximum absolute atomic E-state index is 13.7. The van der Waals surface area contributed by atoms with Crippen molar-refractivity contribution in [3.05, 3.63) is 98.6 Å². The van der Waals surface area contributed by atoms with E-state index in [-0.39, 0.29) is 29.7 Å². The molecule has 2 aliphatic heterocycles. The van der Waals surface area contributed by atoms with Crippen molar-refractivity contribution in [3.63, 3.8) is 0 Å². The zero-order valence-corrected chi connectivity index (χ0v) is 20.3. The van der Waals surface area contributed by atoms with E-state index in [0.29, 0.717) is 23.5 Å². The zero-order chi connectivity index (χ0) is 25.9. The number of esters is 2. The highest BCUT2D eigenvalue weighted by Crippen LogP contribution is 2.42. The summed E-state index contributed by atoms with van der Waals surface area (Å²) >= 11 is 0. The Morgan fingerprint density at radius 2 is 1.86 bits per heavy atom. The van der Waals surface area contributed by atoms with E-state index < -0.39 is 23.4 Å². The summed E-state index contributed by atoms with van der Waals surface area (Å²) in [4.78, 5) is 44.8. The average molecular weight is 499 g/mol. The highest BCUT2D eigenvalue weighted by atomic mass is 19.1. The Balaban J connectivity index is 1.55. The number of aromatic nitrogens is 2. The number of pyridine rings is 2. The molecular formula is C29H23FN2O5. The fraction of sp³-hybridized carbons (Fsp3) is 0.241. The van der Waals surface area contributed by atoms with Crippen LogP contribution in [0.5, 0.6) is 0 Å². The molecule has 0 spiro atoms. The van der Waals surface area contributed by atoms with Crippen LogP contribution >= 0.6 is 0 Å². The predicted molar refractivity (Wildman–Crippen MR) is 133 cm³/mol. The molecule has 0 saturated carbocycles. The fourth-order valence-electron chi connectivity index (χ4n) is 5.48. The third-order valence-corrected chi connectivity index (χ3v) is 7.38. The molecule has 0 fully saturated rings. The van der Waals surface area contributed by atoms with Gasteiger partial charge in [-0.3, -0.25) is 4.79 Å². The second-order valence-electron chi connectivity index (χ2n) is 9.25. The second kappa shape index (κ2) is 8.37. The average Bonchev–Trinajstić information content (AvgIpc) is 3.28. The molecule has 2 aromatic carbocycles. The number of fused-ring (bicyclic) bond motifs is 5. The van der Waals surface area contributed by atoms with Crippen molar-refractivity contribution in [1.82, 2.24) is 9.55 Å². The maximum Gasteiger partial charge on any atom is 0.355 e. The van der Waals surface area contributed by atoms with Gasteiger partial charge in [0.25, 0.3) is 5.56 Å². The van der Waals surface area contributed by atoms with E-state index in [4.69, 9.17) is 14.5 Å². The van der Waals surface area contributed by atoms with Gasteiger partial charge in [0.05, 0.1) is 34.6 Å². The Morgan fingerprint density at radius 3 is 2.59 bits per heavy atom. The van der Waals surface area contributed by atoms with Crippen LogP contribution in [0.2, 0.25) is 0 Å². The molecule has 7 nitrogen and oxygen atoms in total. The van der Waals surface area contributed by atoms with Crippen molar-refractivity contribution >= 4 is 22.8 Å². The Kier molecular flexibility index (Phi) is 5.22. The Bertz CT molecular complexity index is 1680. The standard InChI is InChI=1S/C29H23FN2O5/c1-3-18-19-7-5-6-8-23(19)31-25-20(18)14-32-24(25)13-22-21(26(32)33)15-36-28(35)29(22,4-2)37-27(34)16-9-11-17(30)12-10-16/h5-13H,3-4,14-15H2,1-2H3/t29-/m0/s1. The number of rotatable bonds is 4. The molecule has 4 heterocycles. The fourth-order valence-corrected chi connectivity index (χ4v) is 5.48. The number of ether oxygens (including phenoxy) is 2. The monoisotopic (exact) mass is 498 g/mol. The van der Waals surface area contributed by atoms with Gasteiger partial charge in [-0.1, -0.05) is 32.0 Å². The van der Waals surface area contributed by atoms with E-state index in [0.717, 1.165) is 40.6 Å². The number of para-hydroxylation sites is 1. The maximum atomic E-state index is 13.7. The summed E-state index contributed by atoms with van der Waals surface area (Å²) in [5.41, 5.74) is 2.71. The molecule has 186 valence electrons. The Hall–Kier alpha value is -4.33. The first-order chi connectivity index (χ1) is 17.9. The third-order valence-electron chi connectivity index (χ3n) is 7.38. The van der Waals surface area contributed by atoms with Crippen LogP contribution in [-0.4, -0.2) is 21.5 Å². The van der Waals surface area contributed by atoms with E-state index in [2.05, 4.69) is 6.92 Å². The van der Waals surface area contributed by atoms with Crippen LogP contribution in [0, 0.1) is 5.82 Å². The van der Waals surface area contributed by atoms with Gasteiger partial charge in [0.2, 0.25) is 5.60 Å². The van der Waals surface area contributed by atoms with Crippen molar-refractivity contribution in [1.29, 1.82) is 0 Å². The number of hydrogen-bond acceptors (Lipinski definition) is 6. The van der Waals surface area contributed by atoms with Gasteiger partial charge in [-0.2, -0.15) is 0 Å². The lowest BCUT2D eigenvalue weighted by atomic mass is 9.85. The zero-order valence-electron chi connectivity index (χ0n) is 20.3. The number of carbonyl (C=O) groups excluding carboxylic acids is 2.